The fraction of sp³-hybridized carbons (Fsp3) is 0.280. The van der Waals surface area contributed by atoms with E-state index >= 15 is 0 Å². The van der Waals surface area contributed by atoms with E-state index in [4.69, 9.17) is 10.1 Å². The number of carbonyl (C=O) groups is 1. The number of carboxylic acid groups (broad SMARTS) is 1. The van der Waals surface area contributed by atoms with E-state index in [0.29, 0.717) is 0 Å². The van der Waals surface area contributed by atoms with E-state index in [1.54, 1.807) is 0 Å². The van der Waals surface area contributed by atoms with E-state index in [9.17, 15) is 4.79 Å². The van der Waals surface area contributed by atoms with Gasteiger partial charge in [-0.1, -0.05) is 55.3 Å². The Kier molecular flexibility index (Phi) is 7.95. The highest BCUT2D eigenvalue weighted by Gasteiger charge is 2.45. The number of hydrogen-bond donors (Lipinski definition) is 1. The van der Waals surface area contributed by atoms with Crippen LogP contribution in [-0.2, 0) is 4.79 Å². The van der Waals surface area contributed by atoms with Gasteiger partial charge in [-0.15, -0.1) is 0 Å². The molecule has 3 aromatic rings. The van der Waals surface area contributed by atoms with Crippen LogP contribution in [0.15, 0.2) is 85.1 Å². The SMILES string of the molecule is O=C(O)CCCCCCC[P+](c1ccccc1)(c1ccccc1)c1ccccn1. The van der Waals surface area contributed by atoms with Gasteiger partial charge in [-0.25, -0.2) is 4.98 Å². The zero-order chi connectivity index (χ0) is 20.4. The molecule has 0 bridgehead atoms. The lowest BCUT2D eigenvalue weighted by atomic mass is 10.1. The summed E-state index contributed by atoms with van der Waals surface area (Å²) in [6, 6.07) is 27.9. The highest BCUT2D eigenvalue weighted by molar-refractivity contribution is 7.95. The molecule has 4 heteroatoms. The van der Waals surface area contributed by atoms with Gasteiger partial charge in [0.25, 0.3) is 0 Å². The molecule has 150 valence electrons. The Balaban J connectivity index is 1.86. The number of pyridine rings is 1. The topological polar surface area (TPSA) is 50.2 Å². The van der Waals surface area contributed by atoms with Crippen LogP contribution in [-0.4, -0.2) is 22.2 Å². The number of rotatable bonds is 11. The van der Waals surface area contributed by atoms with Crippen molar-refractivity contribution >= 4 is 29.3 Å². The van der Waals surface area contributed by atoms with Gasteiger partial charge in [0.15, 0.2) is 5.44 Å². The Morgan fingerprint density at radius 2 is 1.28 bits per heavy atom. The standard InChI is InChI=1S/C25H28NO2P/c27-25(28)19-10-2-1-3-13-21-29(22-14-6-4-7-15-22,23-16-8-5-9-17-23)24-18-11-12-20-26-24/h4-9,11-12,14-18,20H,1-3,10,13,19,21H2/p+1. The molecular weight excluding hydrogens is 377 g/mol. The molecule has 1 aromatic heterocycles. The predicted molar refractivity (Wildman–Crippen MR) is 123 cm³/mol. The zero-order valence-corrected chi connectivity index (χ0v) is 17.7. The Hall–Kier alpha value is -2.51. The van der Waals surface area contributed by atoms with Crippen LogP contribution in [0.25, 0.3) is 0 Å². The van der Waals surface area contributed by atoms with Crippen LogP contribution in [0, 0.1) is 0 Å². The lowest BCUT2D eigenvalue weighted by molar-refractivity contribution is -0.137. The molecule has 0 unspecified atom stereocenters. The normalized spacial score (nSPS) is 11.3. The summed E-state index contributed by atoms with van der Waals surface area (Å²) in [4.78, 5) is 15.5. The molecule has 3 nitrogen and oxygen atoms in total. The van der Waals surface area contributed by atoms with E-state index in [1.165, 1.54) is 16.0 Å². The molecule has 0 aliphatic rings. The average Bonchev–Trinajstić information content (AvgIpc) is 2.77. The number of hydrogen-bond acceptors (Lipinski definition) is 2. The van der Waals surface area contributed by atoms with Gasteiger partial charge in [0.05, 0.1) is 6.16 Å². The average molecular weight is 406 g/mol. The van der Waals surface area contributed by atoms with Gasteiger partial charge in [0.1, 0.15) is 17.9 Å². The number of aliphatic carboxylic acids is 1. The zero-order valence-electron chi connectivity index (χ0n) is 16.8. The van der Waals surface area contributed by atoms with Crippen LogP contribution in [0.5, 0.6) is 0 Å². The quantitative estimate of drug-likeness (QED) is 0.368. The third kappa shape index (κ3) is 5.52. The largest absolute Gasteiger partial charge is 0.481 e. The third-order valence-corrected chi connectivity index (χ3v) is 9.71. The van der Waals surface area contributed by atoms with E-state index in [-0.39, 0.29) is 6.42 Å². The van der Waals surface area contributed by atoms with Crippen molar-refractivity contribution in [3.05, 3.63) is 85.1 Å². The fourth-order valence-corrected chi connectivity index (χ4v) is 8.12. The number of aromatic nitrogens is 1. The molecular formula is C25H29NO2P+. The van der Waals surface area contributed by atoms with Gasteiger partial charge in [0, 0.05) is 18.7 Å². The first-order valence-corrected chi connectivity index (χ1v) is 12.3. The van der Waals surface area contributed by atoms with Crippen LogP contribution in [0.4, 0.5) is 0 Å². The first-order chi connectivity index (χ1) is 14.2. The summed E-state index contributed by atoms with van der Waals surface area (Å²) in [6.07, 6.45) is 8.33. The third-order valence-electron chi connectivity index (χ3n) is 5.32. The van der Waals surface area contributed by atoms with E-state index in [1.807, 2.05) is 12.3 Å². The molecule has 0 amide bonds. The van der Waals surface area contributed by atoms with Crippen molar-refractivity contribution < 1.29 is 9.90 Å². The molecule has 0 atom stereocenters. The first kappa shape index (κ1) is 21.2. The minimum absolute atomic E-state index is 0.277. The Labute approximate surface area is 174 Å². The fourth-order valence-electron chi connectivity index (χ4n) is 3.89. The number of benzene rings is 2. The second-order valence-electron chi connectivity index (χ2n) is 7.30. The molecule has 3 rings (SSSR count). The maximum atomic E-state index is 10.7. The highest BCUT2D eigenvalue weighted by atomic mass is 31.2. The van der Waals surface area contributed by atoms with Crippen LogP contribution in [0.2, 0.25) is 0 Å². The van der Waals surface area contributed by atoms with Crippen molar-refractivity contribution in [2.45, 2.75) is 38.5 Å². The molecule has 0 saturated heterocycles. The summed E-state index contributed by atoms with van der Waals surface area (Å²) in [5.41, 5.74) is 1.18. The van der Waals surface area contributed by atoms with Crippen LogP contribution in [0.1, 0.15) is 38.5 Å². The van der Waals surface area contributed by atoms with Gasteiger partial charge in [-0.2, -0.15) is 0 Å². The van der Waals surface area contributed by atoms with Crippen LogP contribution < -0.4 is 16.0 Å². The van der Waals surface area contributed by atoms with Crippen molar-refractivity contribution in [1.29, 1.82) is 0 Å². The van der Waals surface area contributed by atoms with Gasteiger partial charge in [0.2, 0.25) is 0 Å². The molecule has 29 heavy (non-hydrogen) atoms. The van der Waals surface area contributed by atoms with Crippen molar-refractivity contribution in [2.75, 3.05) is 6.16 Å². The minimum atomic E-state index is -1.83. The van der Waals surface area contributed by atoms with Crippen molar-refractivity contribution in [3.8, 4) is 0 Å². The molecule has 2 aromatic carbocycles. The van der Waals surface area contributed by atoms with Crippen molar-refractivity contribution in [1.82, 2.24) is 4.98 Å². The molecule has 0 aliphatic carbocycles. The molecule has 0 radical (unpaired) electrons. The molecule has 0 saturated carbocycles. The van der Waals surface area contributed by atoms with E-state index in [0.717, 1.165) is 38.3 Å². The Morgan fingerprint density at radius 1 is 0.724 bits per heavy atom. The predicted octanol–water partition coefficient (Wildman–Crippen LogP) is 4.80. The van der Waals surface area contributed by atoms with Gasteiger partial charge >= 0.3 is 5.97 Å². The lowest BCUT2D eigenvalue weighted by Crippen LogP contribution is -2.34. The van der Waals surface area contributed by atoms with Gasteiger partial charge in [-0.3, -0.25) is 4.79 Å². The number of unbranched alkanes of at least 4 members (excludes halogenated alkanes) is 4. The maximum absolute atomic E-state index is 10.7. The Morgan fingerprint density at radius 3 is 1.83 bits per heavy atom. The first-order valence-electron chi connectivity index (χ1n) is 10.4. The number of carboxylic acids is 1. The summed E-state index contributed by atoms with van der Waals surface area (Å²) in [5, 5.41) is 11.5. The van der Waals surface area contributed by atoms with Gasteiger partial charge in [-0.05, 0) is 49.6 Å². The van der Waals surface area contributed by atoms with Gasteiger partial charge < -0.3 is 5.11 Å². The van der Waals surface area contributed by atoms with Crippen molar-refractivity contribution in [3.63, 3.8) is 0 Å². The molecule has 1 N–H and O–H groups in total. The molecule has 0 spiro atoms. The lowest BCUT2D eigenvalue weighted by Gasteiger charge is -2.26. The monoisotopic (exact) mass is 406 g/mol. The second-order valence-corrected chi connectivity index (χ2v) is 10.9. The number of nitrogens with zero attached hydrogens (tertiary/aromatic N) is 1. The summed E-state index contributed by atoms with van der Waals surface area (Å²) >= 11 is 0. The summed E-state index contributed by atoms with van der Waals surface area (Å²) < 4.78 is 0. The summed E-state index contributed by atoms with van der Waals surface area (Å²) in [7, 11) is -1.83. The smallest absolute Gasteiger partial charge is 0.303 e. The summed E-state index contributed by atoms with van der Waals surface area (Å²) in [5.74, 6) is -0.696. The van der Waals surface area contributed by atoms with E-state index < -0.39 is 13.2 Å². The summed E-state index contributed by atoms with van der Waals surface area (Å²) in [6.45, 7) is 0. The Bertz CT molecular complexity index is 772. The van der Waals surface area contributed by atoms with Crippen molar-refractivity contribution in [2.24, 2.45) is 0 Å². The molecule has 1 heterocycles. The van der Waals surface area contributed by atoms with Crippen LogP contribution in [0.3, 0.4) is 0 Å². The van der Waals surface area contributed by atoms with Crippen LogP contribution >= 0.6 is 7.26 Å². The molecule has 0 aliphatic heterocycles. The van der Waals surface area contributed by atoms with E-state index in [2.05, 4.69) is 72.8 Å². The minimum Gasteiger partial charge on any atom is -0.481 e. The second kappa shape index (κ2) is 10.9. The maximum Gasteiger partial charge on any atom is 0.303 e. The highest BCUT2D eigenvalue weighted by Crippen LogP contribution is 2.55. The molecule has 0 fully saturated rings.